The van der Waals surface area contributed by atoms with E-state index in [1.54, 1.807) is 0 Å². The number of hydrogen-bond acceptors (Lipinski definition) is 1. The van der Waals surface area contributed by atoms with Crippen molar-refractivity contribution in [2.75, 3.05) is 6.54 Å². The molecule has 0 aromatic carbocycles. The Balaban J connectivity index is 2.11. The lowest BCUT2D eigenvalue weighted by atomic mass is 9.99. The van der Waals surface area contributed by atoms with Crippen molar-refractivity contribution in [3.8, 4) is 0 Å². The fourth-order valence-electron chi connectivity index (χ4n) is 2.32. The molecule has 1 saturated carbocycles. The highest BCUT2D eigenvalue weighted by Crippen LogP contribution is 2.23. The van der Waals surface area contributed by atoms with Gasteiger partial charge in [-0.2, -0.15) is 0 Å². The summed E-state index contributed by atoms with van der Waals surface area (Å²) in [4.78, 5) is 0. The summed E-state index contributed by atoms with van der Waals surface area (Å²) in [5.41, 5.74) is 0.260. The topological polar surface area (TPSA) is 12.0 Å². The molecule has 1 fully saturated rings. The third kappa shape index (κ3) is 7.05. The van der Waals surface area contributed by atoms with Crippen LogP contribution in [0.2, 0.25) is 0 Å². The normalized spacial score (nSPS) is 20.2. The molecule has 0 saturated heterocycles. The van der Waals surface area contributed by atoms with Gasteiger partial charge in [-0.15, -0.1) is 0 Å². The molecule has 0 unspecified atom stereocenters. The Hall–Kier alpha value is -0.300. The van der Waals surface area contributed by atoms with Crippen LogP contribution in [0.1, 0.15) is 65.7 Å². The molecule has 1 aliphatic rings. The first-order valence-corrected chi connectivity index (χ1v) is 6.99. The predicted octanol–water partition coefficient (Wildman–Crippen LogP) is 4.29. The van der Waals surface area contributed by atoms with Crippen LogP contribution in [0.5, 0.6) is 0 Å². The van der Waals surface area contributed by atoms with Crippen LogP contribution in [0.4, 0.5) is 0 Å². The molecule has 0 radical (unpaired) electrons. The summed E-state index contributed by atoms with van der Waals surface area (Å²) in [5, 5.41) is 3.52. The predicted molar refractivity (Wildman–Crippen MR) is 72.7 cm³/mol. The van der Waals surface area contributed by atoms with E-state index in [1.165, 1.54) is 44.9 Å². The van der Waals surface area contributed by atoms with Crippen LogP contribution in [-0.4, -0.2) is 12.1 Å². The molecular weight excluding hydrogens is 194 g/mol. The minimum absolute atomic E-state index is 0.260. The molecule has 0 aromatic heterocycles. The lowest BCUT2D eigenvalue weighted by molar-refractivity contribution is 0.431. The summed E-state index contributed by atoms with van der Waals surface area (Å²) in [7, 11) is 0. The molecule has 1 nitrogen and oxygen atoms in total. The van der Waals surface area contributed by atoms with E-state index >= 15 is 0 Å². The summed E-state index contributed by atoms with van der Waals surface area (Å²) in [5.74, 6) is 0.872. The second-order valence-corrected chi connectivity index (χ2v) is 6.15. The summed E-state index contributed by atoms with van der Waals surface area (Å²) < 4.78 is 0. The summed E-state index contributed by atoms with van der Waals surface area (Å²) in [6, 6.07) is 0. The smallest absolute Gasteiger partial charge is 0.00966 e. The maximum absolute atomic E-state index is 3.52. The maximum Gasteiger partial charge on any atom is 0.00966 e. The van der Waals surface area contributed by atoms with Crippen molar-refractivity contribution < 1.29 is 0 Å². The number of hydrogen-bond donors (Lipinski definition) is 1. The van der Waals surface area contributed by atoms with Crippen molar-refractivity contribution in [3.05, 3.63) is 12.2 Å². The Labute approximate surface area is 102 Å². The fourth-order valence-corrected chi connectivity index (χ4v) is 2.32. The van der Waals surface area contributed by atoms with E-state index in [9.17, 15) is 0 Å². The average Bonchev–Trinajstić information content (AvgIpc) is 2.44. The van der Waals surface area contributed by atoms with Crippen LogP contribution in [0.25, 0.3) is 0 Å². The minimum Gasteiger partial charge on any atom is -0.312 e. The zero-order chi connectivity index (χ0) is 11.9. The van der Waals surface area contributed by atoms with Gasteiger partial charge in [-0.25, -0.2) is 0 Å². The average molecular weight is 223 g/mol. The van der Waals surface area contributed by atoms with E-state index in [1.807, 2.05) is 0 Å². The van der Waals surface area contributed by atoms with Crippen LogP contribution in [-0.2, 0) is 0 Å². The van der Waals surface area contributed by atoms with Gasteiger partial charge < -0.3 is 5.32 Å². The third-order valence-electron chi connectivity index (χ3n) is 3.27. The molecule has 0 amide bonds. The molecule has 0 heterocycles. The van der Waals surface area contributed by atoms with E-state index in [4.69, 9.17) is 0 Å². The molecule has 1 rings (SSSR count). The monoisotopic (exact) mass is 223 g/mol. The maximum atomic E-state index is 3.52. The first-order valence-electron chi connectivity index (χ1n) is 6.99. The van der Waals surface area contributed by atoms with Gasteiger partial charge in [0.15, 0.2) is 0 Å². The van der Waals surface area contributed by atoms with Crippen molar-refractivity contribution in [3.63, 3.8) is 0 Å². The second kappa shape index (κ2) is 7.11. The molecule has 94 valence electrons. The Morgan fingerprint density at radius 1 is 1.06 bits per heavy atom. The molecular formula is C15H29N. The number of nitrogens with one attached hydrogen (secondary N) is 1. The fraction of sp³-hybridized carbons (Fsp3) is 0.867. The van der Waals surface area contributed by atoms with Crippen molar-refractivity contribution >= 4 is 0 Å². The Kier molecular flexibility index (Phi) is 6.12. The van der Waals surface area contributed by atoms with Gasteiger partial charge in [0.25, 0.3) is 0 Å². The van der Waals surface area contributed by atoms with Gasteiger partial charge in [-0.1, -0.05) is 37.8 Å². The van der Waals surface area contributed by atoms with Crippen molar-refractivity contribution in [2.24, 2.45) is 5.92 Å². The van der Waals surface area contributed by atoms with Gasteiger partial charge in [0.05, 0.1) is 0 Å². The molecule has 0 aromatic rings. The molecule has 1 heteroatoms. The number of rotatable bonds is 4. The molecule has 0 aliphatic heterocycles. The van der Waals surface area contributed by atoms with Crippen LogP contribution in [0.15, 0.2) is 12.2 Å². The summed E-state index contributed by atoms with van der Waals surface area (Å²) in [6.07, 6.45) is 14.7. The van der Waals surface area contributed by atoms with E-state index in [0.29, 0.717) is 0 Å². The van der Waals surface area contributed by atoms with E-state index < -0.39 is 0 Å². The third-order valence-corrected chi connectivity index (χ3v) is 3.27. The molecule has 0 bridgehead atoms. The first kappa shape index (κ1) is 13.8. The summed E-state index contributed by atoms with van der Waals surface area (Å²) >= 11 is 0. The second-order valence-electron chi connectivity index (χ2n) is 6.15. The van der Waals surface area contributed by atoms with E-state index in [2.05, 4.69) is 38.2 Å². The zero-order valence-electron chi connectivity index (χ0n) is 11.4. The molecule has 1 aliphatic carbocycles. The van der Waals surface area contributed by atoms with Gasteiger partial charge >= 0.3 is 0 Å². The van der Waals surface area contributed by atoms with Crippen LogP contribution >= 0.6 is 0 Å². The Morgan fingerprint density at radius 3 is 2.25 bits per heavy atom. The Morgan fingerprint density at radius 2 is 1.69 bits per heavy atom. The summed E-state index contributed by atoms with van der Waals surface area (Å²) in [6.45, 7) is 7.78. The number of allylic oxidation sites excluding steroid dienone is 1. The molecule has 0 spiro atoms. The largest absolute Gasteiger partial charge is 0.312 e. The van der Waals surface area contributed by atoms with Gasteiger partial charge in [0.2, 0.25) is 0 Å². The zero-order valence-corrected chi connectivity index (χ0v) is 11.4. The lowest BCUT2D eigenvalue weighted by Gasteiger charge is -2.19. The first-order chi connectivity index (χ1) is 7.58. The van der Waals surface area contributed by atoms with E-state index in [-0.39, 0.29) is 5.54 Å². The molecule has 1 N–H and O–H groups in total. The highest BCUT2D eigenvalue weighted by Gasteiger charge is 2.09. The highest BCUT2D eigenvalue weighted by molar-refractivity contribution is 4.90. The quantitative estimate of drug-likeness (QED) is 0.426. The Bertz CT molecular complexity index is 192. The SMILES string of the molecule is CC(C)(C)NCC/C=C/C1CCCCCC1. The van der Waals surface area contributed by atoms with Crippen LogP contribution < -0.4 is 5.32 Å². The minimum atomic E-state index is 0.260. The van der Waals surface area contributed by atoms with Crippen molar-refractivity contribution in [1.29, 1.82) is 0 Å². The highest BCUT2D eigenvalue weighted by atomic mass is 14.9. The van der Waals surface area contributed by atoms with Crippen LogP contribution in [0, 0.1) is 5.92 Å². The molecule has 16 heavy (non-hydrogen) atoms. The van der Waals surface area contributed by atoms with Gasteiger partial charge in [0, 0.05) is 5.54 Å². The van der Waals surface area contributed by atoms with Gasteiger partial charge in [0.1, 0.15) is 0 Å². The standard InChI is InChI=1S/C15H29N/c1-15(2,3)16-13-9-8-12-14-10-6-4-5-7-11-14/h8,12,14,16H,4-7,9-11,13H2,1-3H3/b12-8+. The van der Waals surface area contributed by atoms with E-state index in [0.717, 1.165) is 12.5 Å². The lowest BCUT2D eigenvalue weighted by Crippen LogP contribution is -2.36. The van der Waals surface area contributed by atoms with Crippen molar-refractivity contribution in [2.45, 2.75) is 71.3 Å². The van der Waals surface area contributed by atoms with Crippen molar-refractivity contribution in [1.82, 2.24) is 5.32 Å². The van der Waals surface area contributed by atoms with Gasteiger partial charge in [-0.3, -0.25) is 0 Å². The molecule has 0 atom stereocenters. The van der Waals surface area contributed by atoms with Crippen LogP contribution in [0.3, 0.4) is 0 Å². The van der Waals surface area contributed by atoms with Gasteiger partial charge in [-0.05, 0) is 52.5 Å².